The minimum atomic E-state index is -4.93. The van der Waals surface area contributed by atoms with E-state index in [0.29, 0.717) is 10.6 Å². The molecule has 1 aliphatic heterocycles. The third kappa shape index (κ3) is 4.06. The molecule has 2 aromatic carbocycles. The molecular weight excluding hydrogens is 391 g/mol. The van der Waals surface area contributed by atoms with Gasteiger partial charge in [0.05, 0.1) is 22.8 Å². The Labute approximate surface area is 163 Å². The van der Waals surface area contributed by atoms with E-state index in [0.717, 1.165) is 21.6 Å². The SMILES string of the molecule is COc1cc2c(cc1S(C)=O)CCN(C(=O)C(F)(F)F)CC2c1ccccc1. The number of benzene rings is 2. The third-order valence-corrected chi connectivity index (χ3v) is 5.83. The first-order valence-electron chi connectivity index (χ1n) is 8.67. The van der Waals surface area contributed by atoms with E-state index in [1.54, 1.807) is 12.1 Å². The Kier molecular flexibility index (Phi) is 5.79. The maximum Gasteiger partial charge on any atom is 0.471 e. The van der Waals surface area contributed by atoms with Crippen LogP contribution in [-0.2, 0) is 22.0 Å². The van der Waals surface area contributed by atoms with E-state index >= 15 is 0 Å². The number of ether oxygens (including phenoxy) is 1. The van der Waals surface area contributed by atoms with Gasteiger partial charge in [0, 0.05) is 25.3 Å². The lowest BCUT2D eigenvalue weighted by atomic mass is 9.88. The van der Waals surface area contributed by atoms with Crippen molar-refractivity contribution in [2.24, 2.45) is 0 Å². The van der Waals surface area contributed by atoms with Crippen molar-refractivity contribution in [3.05, 3.63) is 59.2 Å². The van der Waals surface area contributed by atoms with Crippen molar-refractivity contribution in [3.63, 3.8) is 0 Å². The standard InChI is InChI=1S/C20H20F3NO3S/c1-27-17-11-15-14(10-18(17)28(2)26)8-9-24(19(25)20(21,22)23)12-16(15)13-6-4-3-5-7-13/h3-7,10-11,16H,8-9,12H2,1-2H3. The number of nitrogens with zero attached hydrogens (tertiary/aromatic N) is 1. The van der Waals surface area contributed by atoms with E-state index in [9.17, 15) is 22.2 Å². The van der Waals surface area contributed by atoms with Gasteiger partial charge in [-0.15, -0.1) is 0 Å². The van der Waals surface area contributed by atoms with Crippen LogP contribution in [0.2, 0.25) is 0 Å². The highest BCUT2D eigenvalue weighted by Gasteiger charge is 2.44. The summed E-state index contributed by atoms with van der Waals surface area (Å²) in [4.78, 5) is 13.3. The summed E-state index contributed by atoms with van der Waals surface area (Å²) in [7, 11) is 0.147. The molecule has 0 N–H and O–H groups in total. The first-order valence-corrected chi connectivity index (χ1v) is 10.2. The van der Waals surface area contributed by atoms with Gasteiger partial charge in [-0.1, -0.05) is 30.3 Å². The van der Waals surface area contributed by atoms with Crippen molar-refractivity contribution in [1.82, 2.24) is 4.90 Å². The maximum absolute atomic E-state index is 13.1. The van der Waals surface area contributed by atoms with Crippen LogP contribution in [0.25, 0.3) is 0 Å². The second-order valence-corrected chi connectivity index (χ2v) is 7.97. The van der Waals surface area contributed by atoms with E-state index in [-0.39, 0.29) is 19.5 Å². The number of rotatable bonds is 3. The second-order valence-electron chi connectivity index (χ2n) is 6.62. The summed E-state index contributed by atoms with van der Waals surface area (Å²) in [5.74, 6) is -1.86. The molecule has 2 atom stereocenters. The van der Waals surface area contributed by atoms with Gasteiger partial charge in [0.15, 0.2) is 0 Å². The summed E-state index contributed by atoms with van der Waals surface area (Å²) in [6.45, 7) is -0.149. The molecule has 0 saturated carbocycles. The molecule has 28 heavy (non-hydrogen) atoms. The number of fused-ring (bicyclic) bond motifs is 1. The summed E-state index contributed by atoms with van der Waals surface area (Å²) < 4.78 is 56.6. The molecule has 0 spiro atoms. The zero-order chi connectivity index (χ0) is 20.5. The van der Waals surface area contributed by atoms with Gasteiger partial charge in [-0.25, -0.2) is 0 Å². The highest BCUT2D eigenvalue weighted by Crippen LogP contribution is 2.37. The minimum absolute atomic E-state index is 0.0587. The molecule has 2 aromatic rings. The van der Waals surface area contributed by atoms with Crippen LogP contribution in [0.15, 0.2) is 47.4 Å². The minimum Gasteiger partial charge on any atom is -0.495 e. The van der Waals surface area contributed by atoms with E-state index in [1.807, 2.05) is 30.3 Å². The van der Waals surface area contributed by atoms with Crippen LogP contribution in [0.5, 0.6) is 5.75 Å². The van der Waals surface area contributed by atoms with E-state index < -0.39 is 28.8 Å². The van der Waals surface area contributed by atoms with Gasteiger partial charge in [-0.3, -0.25) is 9.00 Å². The van der Waals surface area contributed by atoms with Crippen LogP contribution in [-0.4, -0.2) is 47.6 Å². The van der Waals surface area contributed by atoms with Crippen molar-refractivity contribution in [2.75, 3.05) is 26.5 Å². The number of amides is 1. The zero-order valence-electron chi connectivity index (χ0n) is 15.5. The quantitative estimate of drug-likeness (QED) is 0.777. The molecule has 0 bridgehead atoms. The Balaban J connectivity index is 2.13. The summed E-state index contributed by atoms with van der Waals surface area (Å²) in [5, 5.41) is 0. The first-order chi connectivity index (χ1) is 13.2. The molecule has 8 heteroatoms. The average molecular weight is 411 g/mol. The van der Waals surface area contributed by atoms with Crippen LogP contribution >= 0.6 is 0 Å². The predicted molar refractivity (Wildman–Crippen MR) is 100.0 cm³/mol. The van der Waals surface area contributed by atoms with Crippen molar-refractivity contribution in [3.8, 4) is 5.75 Å². The van der Waals surface area contributed by atoms with Gasteiger partial charge in [0.25, 0.3) is 0 Å². The lowest BCUT2D eigenvalue weighted by molar-refractivity contribution is -0.185. The predicted octanol–water partition coefficient (Wildman–Crippen LogP) is 3.51. The van der Waals surface area contributed by atoms with Crippen LogP contribution in [0.1, 0.15) is 22.6 Å². The third-order valence-electron chi connectivity index (χ3n) is 4.90. The zero-order valence-corrected chi connectivity index (χ0v) is 16.3. The summed E-state index contributed by atoms with van der Waals surface area (Å²) in [6, 6.07) is 12.6. The Morgan fingerprint density at radius 1 is 1.21 bits per heavy atom. The largest absolute Gasteiger partial charge is 0.495 e. The Hall–Kier alpha value is -2.35. The monoisotopic (exact) mass is 411 g/mol. The van der Waals surface area contributed by atoms with Gasteiger partial charge >= 0.3 is 12.1 Å². The number of carbonyl (C=O) groups is 1. The number of hydrogen-bond donors (Lipinski definition) is 0. The molecule has 4 nitrogen and oxygen atoms in total. The highest BCUT2D eigenvalue weighted by atomic mass is 32.2. The molecule has 1 heterocycles. The molecule has 0 radical (unpaired) electrons. The van der Waals surface area contributed by atoms with Crippen LogP contribution in [0.4, 0.5) is 13.2 Å². The highest BCUT2D eigenvalue weighted by molar-refractivity contribution is 7.84. The Morgan fingerprint density at radius 2 is 1.89 bits per heavy atom. The Bertz CT molecular complexity index is 900. The topological polar surface area (TPSA) is 46.6 Å². The Morgan fingerprint density at radius 3 is 2.46 bits per heavy atom. The smallest absolute Gasteiger partial charge is 0.471 e. The van der Waals surface area contributed by atoms with Crippen molar-refractivity contribution in [1.29, 1.82) is 0 Å². The fourth-order valence-corrected chi connectivity index (χ4v) is 4.28. The van der Waals surface area contributed by atoms with Crippen LogP contribution in [0.3, 0.4) is 0 Å². The lowest BCUT2D eigenvalue weighted by Crippen LogP contribution is -2.43. The molecule has 2 unspecified atom stereocenters. The molecule has 0 aliphatic carbocycles. The summed E-state index contributed by atoms with van der Waals surface area (Å²) in [6.07, 6.45) is -3.16. The fourth-order valence-electron chi connectivity index (χ4n) is 3.54. The lowest BCUT2D eigenvalue weighted by Gasteiger charge is -2.26. The van der Waals surface area contributed by atoms with Gasteiger partial charge in [0.1, 0.15) is 5.75 Å². The van der Waals surface area contributed by atoms with E-state index in [4.69, 9.17) is 4.74 Å². The summed E-state index contributed by atoms with van der Waals surface area (Å²) >= 11 is 0. The number of carbonyl (C=O) groups excluding carboxylic acids is 1. The molecule has 0 aromatic heterocycles. The summed E-state index contributed by atoms with van der Waals surface area (Å²) in [5.41, 5.74) is 2.37. The van der Waals surface area contributed by atoms with Gasteiger partial charge in [-0.05, 0) is 35.2 Å². The van der Waals surface area contributed by atoms with E-state index in [1.165, 1.54) is 13.4 Å². The van der Waals surface area contributed by atoms with Gasteiger partial charge in [-0.2, -0.15) is 13.2 Å². The van der Waals surface area contributed by atoms with E-state index in [2.05, 4.69) is 0 Å². The van der Waals surface area contributed by atoms with Crippen molar-refractivity contribution in [2.45, 2.75) is 23.4 Å². The molecule has 0 fully saturated rings. The molecule has 0 saturated heterocycles. The second kappa shape index (κ2) is 7.95. The van der Waals surface area contributed by atoms with Crippen LogP contribution in [0, 0.1) is 0 Å². The molecule has 1 aliphatic rings. The number of halogens is 3. The van der Waals surface area contributed by atoms with Crippen molar-refractivity contribution < 1.29 is 26.9 Å². The fraction of sp³-hybridized carbons (Fsp3) is 0.350. The van der Waals surface area contributed by atoms with Gasteiger partial charge < -0.3 is 9.64 Å². The maximum atomic E-state index is 13.1. The number of methoxy groups -OCH3 is 1. The first kappa shape index (κ1) is 20.4. The molecule has 150 valence electrons. The number of hydrogen-bond acceptors (Lipinski definition) is 3. The molecular formula is C20H20F3NO3S. The van der Waals surface area contributed by atoms with Crippen LogP contribution < -0.4 is 4.74 Å². The van der Waals surface area contributed by atoms with Crippen molar-refractivity contribution >= 4 is 16.7 Å². The van der Waals surface area contributed by atoms with Gasteiger partial charge in [0.2, 0.25) is 0 Å². The molecule has 1 amide bonds. The average Bonchev–Trinajstić information content (AvgIpc) is 2.85. The normalized spacial score (nSPS) is 18.2. The number of alkyl halides is 3. The molecule has 3 rings (SSSR count).